The SMILES string of the molecule is CCCCCCCCCCCCCCCCCCCC1N(C)C=CN1CCCCCCCCCCCCCCCCCCC. The van der Waals surface area contributed by atoms with E-state index in [2.05, 4.69) is 43.1 Å². The van der Waals surface area contributed by atoms with Crippen LogP contribution in [0.3, 0.4) is 0 Å². The van der Waals surface area contributed by atoms with Crippen molar-refractivity contribution in [3.05, 3.63) is 12.4 Å². The van der Waals surface area contributed by atoms with E-state index in [1.165, 1.54) is 231 Å². The van der Waals surface area contributed by atoms with E-state index in [0.717, 1.165) is 0 Å². The highest BCUT2D eigenvalue weighted by Crippen LogP contribution is 2.22. The fraction of sp³-hybridized carbons (Fsp3) is 0.952. The molecular weight excluding hydrogens is 532 g/mol. The lowest BCUT2D eigenvalue weighted by atomic mass is 10.0. The zero-order chi connectivity index (χ0) is 31.6. The van der Waals surface area contributed by atoms with Crippen molar-refractivity contribution in [1.29, 1.82) is 0 Å². The second kappa shape index (κ2) is 33.7. The molecule has 2 nitrogen and oxygen atoms in total. The van der Waals surface area contributed by atoms with Gasteiger partial charge in [0.2, 0.25) is 0 Å². The van der Waals surface area contributed by atoms with Crippen molar-refractivity contribution < 1.29 is 0 Å². The normalized spacial score (nSPS) is 14.8. The van der Waals surface area contributed by atoms with Crippen molar-refractivity contribution in [2.75, 3.05) is 13.6 Å². The summed E-state index contributed by atoms with van der Waals surface area (Å²) in [6.07, 6.45) is 56.1. The smallest absolute Gasteiger partial charge is 0.100 e. The summed E-state index contributed by atoms with van der Waals surface area (Å²) in [5.41, 5.74) is 0. The summed E-state index contributed by atoms with van der Waals surface area (Å²) in [4.78, 5) is 5.09. The number of hydrogen-bond donors (Lipinski definition) is 0. The van der Waals surface area contributed by atoms with Crippen LogP contribution in [-0.4, -0.2) is 29.6 Å². The highest BCUT2D eigenvalue weighted by Gasteiger charge is 2.22. The Morgan fingerprint density at radius 3 is 0.932 bits per heavy atom. The van der Waals surface area contributed by atoms with Gasteiger partial charge in [-0.1, -0.05) is 219 Å². The number of hydrogen-bond acceptors (Lipinski definition) is 2. The molecule has 0 aliphatic carbocycles. The molecule has 0 spiro atoms. The summed E-state index contributed by atoms with van der Waals surface area (Å²) in [7, 11) is 2.28. The topological polar surface area (TPSA) is 6.48 Å². The Balaban J connectivity index is 1.83. The molecule has 262 valence electrons. The molecule has 0 aromatic carbocycles. The summed E-state index contributed by atoms with van der Waals surface area (Å²) >= 11 is 0. The van der Waals surface area contributed by atoms with E-state index in [-0.39, 0.29) is 0 Å². The number of nitrogens with zero attached hydrogens (tertiary/aromatic N) is 2. The molecule has 0 radical (unpaired) electrons. The summed E-state index contributed by atoms with van der Waals surface area (Å²) in [6, 6.07) is 0. The summed E-state index contributed by atoms with van der Waals surface area (Å²) in [5, 5.41) is 0. The van der Waals surface area contributed by atoms with Crippen molar-refractivity contribution in [2.24, 2.45) is 0 Å². The third kappa shape index (κ3) is 26.5. The maximum absolute atomic E-state index is 2.64. The van der Waals surface area contributed by atoms with E-state index >= 15 is 0 Å². The fourth-order valence-electron chi connectivity index (χ4n) is 7.29. The molecule has 0 saturated carbocycles. The Hall–Kier alpha value is -0.660. The molecule has 0 amide bonds. The van der Waals surface area contributed by atoms with E-state index in [1.807, 2.05) is 0 Å². The largest absolute Gasteiger partial charge is 0.359 e. The van der Waals surface area contributed by atoms with Gasteiger partial charge >= 0.3 is 0 Å². The predicted molar refractivity (Wildman–Crippen MR) is 200 cm³/mol. The van der Waals surface area contributed by atoms with Gasteiger partial charge in [-0.25, -0.2) is 0 Å². The van der Waals surface area contributed by atoms with Crippen molar-refractivity contribution in [1.82, 2.24) is 9.80 Å². The lowest BCUT2D eigenvalue weighted by Crippen LogP contribution is -2.37. The Bertz CT molecular complexity index is 572. The van der Waals surface area contributed by atoms with Crippen LogP contribution in [0.2, 0.25) is 0 Å². The molecule has 1 unspecified atom stereocenters. The van der Waals surface area contributed by atoms with Gasteiger partial charge in [0.15, 0.2) is 0 Å². The van der Waals surface area contributed by atoms with Gasteiger partial charge in [0.05, 0.1) is 0 Å². The molecule has 1 aliphatic rings. The fourth-order valence-corrected chi connectivity index (χ4v) is 7.29. The van der Waals surface area contributed by atoms with Gasteiger partial charge in [0.25, 0.3) is 0 Å². The average Bonchev–Trinajstić information content (AvgIpc) is 3.38. The minimum absolute atomic E-state index is 0.618. The molecule has 1 atom stereocenters. The highest BCUT2D eigenvalue weighted by atomic mass is 15.4. The van der Waals surface area contributed by atoms with Crippen LogP contribution in [0.15, 0.2) is 12.4 Å². The standard InChI is InChI=1S/C42H84N2/c1-4-6-8-10-12-14-16-18-20-22-24-26-28-30-32-34-36-38-42-43(3)40-41-44(42)39-37-35-33-31-29-27-25-23-21-19-17-15-13-11-9-7-5-2/h40-42H,4-39H2,1-3H3. The summed E-state index contributed by atoms with van der Waals surface area (Å²) < 4.78 is 0. The zero-order valence-corrected chi connectivity index (χ0v) is 31.1. The van der Waals surface area contributed by atoms with Gasteiger partial charge < -0.3 is 9.80 Å². The first-order valence-electron chi connectivity index (χ1n) is 21.0. The molecule has 1 heterocycles. The third-order valence-electron chi connectivity index (χ3n) is 10.4. The van der Waals surface area contributed by atoms with Crippen LogP contribution in [-0.2, 0) is 0 Å². The zero-order valence-electron chi connectivity index (χ0n) is 31.1. The Morgan fingerprint density at radius 1 is 0.341 bits per heavy atom. The van der Waals surface area contributed by atoms with E-state index < -0.39 is 0 Å². The maximum atomic E-state index is 2.64. The number of rotatable bonds is 36. The highest BCUT2D eigenvalue weighted by molar-refractivity contribution is 4.95. The van der Waals surface area contributed by atoms with Gasteiger partial charge in [0.1, 0.15) is 6.17 Å². The van der Waals surface area contributed by atoms with Gasteiger partial charge in [-0.2, -0.15) is 0 Å². The molecule has 0 aromatic heterocycles. The Kier molecular flexibility index (Phi) is 31.7. The van der Waals surface area contributed by atoms with Crippen molar-refractivity contribution in [3.8, 4) is 0 Å². The van der Waals surface area contributed by atoms with Gasteiger partial charge in [-0.05, 0) is 19.3 Å². The lowest BCUT2D eigenvalue weighted by Gasteiger charge is -2.30. The molecule has 44 heavy (non-hydrogen) atoms. The lowest BCUT2D eigenvalue weighted by molar-refractivity contribution is 0.159. The van der Waals surface area contributed by atoms with Crippen LogP contribution in [0.4, 0.5) is 0 Å². The molecule has 0 fully saturated rings. The first-order chi connectivity index (χ1) is 21.8. The number of unbranched alkanes of at least 4 members (excludes halogenated alkanes) is 32. The Labute approximate surface area is 280 Å². The van der Waals surface area contributed by atoms with E-state index in [0.29, 0.717) is 6.17 Å². The predicted octanol–water partition coefficient (Wildman–Crippen LogP) is 14.7. The van der Waals surface area contributed by atoms with Crippen LogP contribution in [0.1, 0.15) is 239 Å². The van der Waals surface area contributed by atoms with Crippen LogP contribution in [0.5, 0.6) is 0 Å². The van der Waals surface area contributed by atoms with Crippen LogP contribution in [0, 0.1) is 0 Å². The molecule has 2 heteroatoms. The second-order valence-corrected chi connectivity index (χ2v) is 14.8. The quantitative estimate of drug-likeness (QED) is 0.0646. The van der Waals surface area contributed by atoms with Crippen molar-refractivity contribution in [2.45, 2.75) is 245 Å². The van der Waals surface area contributed by atoms with E-state index in [1.54, 1.807) is 0 Å². The minimum atomic E-state index is 0.618. The summed E-state index contributed by atoms with van der Waals surface area (Å²) in [5.74, 6) is 0. The Morgan fingerprint density at radius 2 is 0.614 bits per heavy atom. The van der Waals surface area contributed by atoms with E-state index in [9.17, 15) is 0 Å². The first-order valence-corrected chi connectivity index (χ1v) is 21.0. The monoisotopic (exact) mass is 617 g/mol. The van der Waals surface area contributed by atoms with Gasteiger partial charge in [0, 0.05) is 26.0 Å². The third-order valence-corrected chi connectivity index (χ3v) is 10.4. The van der Waals surface area contributed by atoms with Crippen molar-refractivity contribution in [3.63, 3.8) is 0 Å². The molecule has 0 saturated heterocycles. The van der Waals surface area contributed by atoms with Crippen LogP contribution < -0.4 is 0 Å². The maximum Gasteiger partial charge on any atom is 0.100 e. The average molecular weight is 617 g/mol. The van der Waals surface area contributed by atoms with Gasteiger partial charge in [-0.3, -0.25) is 0 Å². The van der Waals surface area contributed by atoms with Gasteiger partial charge in [-0.15, -0.1) is 0 Å². The molecule has 0 aromatic rings. The summed E-state index contributed by atoms with van der Waals surface area (Å²) in [6.45, 7) is 5.87. The minimum Gasteiger partial charge on any atom is -0.359 e. The molecular formula is C42H84N2. The van der Waals surface area contributed by atoms with E-state index in [4.69, 9.17) is 0 Å². The van der Waals surface area contributed by atoms with Crippen LogP contribution >= 0.6 is 0 Å². The first kappa shape index (κ1) is 41.4. The van der Waals surface area contributed by atoms with Crippen molar-refractivity contribution >= 4 is 0 Å². The molecule has 0 N–H and O–H groups in total. The molecule has 1 aliphatic heterocycles. The molecule has 0 bridgehead atoms. The second-order valence-electron chi connectivity index (χ2n) is 14.8. The molecule has 1 rings (SSSR count). The van der Waals surface area contributed by atoms with Crippen LogP contribution in [0.25, 0.3) is 0 Å².